The molecule has 2 fully saturated rings. The van der Waals surface area contributed by atoms with E-state index in [4.69, 9.17) is 4.52 Å². The number of pyridine rings is 1. The summed E-state index contributed by atoms with van der Waals surface area (Å²) >= 11 is 0. The standard InChI is InChI=1S/C34H36N6O5/c1-23-19-29(37-45-23)33(43)36-28-21-27(10-11-30(28)38-15-17-39(18-16-38)31-7-2-3-13-35-31)26-6-4-5-24(20-26)22-40(14-12-32(41)42)34(44)25-8-9-25/h2-7,10-11,13,19-21,25H,8-9,12,14-18,22H2,1H3,(H,36,43)(H,41,42). The first-order valence-electron chi connectivity index (χ1n) is 15.2. The van der Waals surface area contributed by atoms with Gasteiger partial charge in [0.2, 0.25) is 5.91 Å². The number of nitrogens with one attached hydrogen (secondary N) is 1. The average Bonchev–Trinajstić information content (AvgIpc) is 3.82. The fourth-order valence-corrected chi connectivity index (χ4v) is 5.62. The largest absolute Gasteiger partial charge is 0.481 e. The van der Waals surface area contributed by atoms with E-state index in [0.29, 0.717) is 18.0 Å². The molecule has 11 nitrogen and oxygen atoms in total. The lowest BCUT2D eigenvalue weighted by atomic mass is 10.0. The van der Waals surface area contributed by atoms with Gasteiger partial charge in [-0.15, -0.1) is 0 Å². The van der Waals surface area contributed by atoms with E-state index >= 15 is 0 Å². The van der Waals surface area contributed by atoms with E-state index in [-0.39, 0.29) is 36.4 Å². The molecule has 1 aliphatic heterocycles. The molecule has 6 rings (SSSR count). The predicted molar refractivity (Wildman–Crippen MR) is 170 cm³/mol. The van der Waals surface area contributed by atoms with Gasteiger partial charge < -0.3 is 29.6 Å². The van der Waals surface area contributed by atoms with Crippen LogP contribution in [0.1, 0.15) is 41.1 Å². The molecular formula is C34H36N6O5. The molecule has 0 spiro atoms. The van der Waals surface area contributed by atoms with Crippen molar-refractivity contribution in [1.29, 1.82) is 0 Å². The third-order valence-corrected chi connectivity index (χ3v) is 8.17. The van der Waals surface area contributed by atoms with E-state index in [1.807, 2.05) is 60.7 Å². The predicted octanol–water partition coefficient (Wildman–Crippen LogP) is 4.84. The minimum atomic E-state index is -0.925. The van der Waals surface area contributed by atoms with Gasteiger partial charge in [-0.3, -0.25) is 14.4 Å². The van der Waals surface area contributed by atoms with Crippen LogP contribution >= 0.6 is 0 Å². The first-order valence-corrected chi connectivity index (χ1v) is 15.2. The molecule has 4 aromatic rings. The summed E-state index contributed by atoms with van der Waals surface area (Å²) in [4.78, 5) is 48.0. The first-order chi connectivity index (χ1) is 21.8. The first kappa shape index (κ1) is 29.9. The van der Waals surface area contributed by atoms with E-state index in [0.717, 1.165) is 67.2 Å². The summed E-state index contributed by atoms with van der Waals surface area (Å²) in [6.45, 7) is 5.32. The van der Waals surface area contributed by atoms with Gasteiger partial charge >= 0.3 is 5.97 Å². The van der Waals surface area contributed by atoms with Gasteiger partial charge in [0.25, 0.3) is 5.91 Å². The van der Waals surface area contributed by atoms with Crippen molar-refractivity contribution in [1.82, 2.24) is 15.0 Å². The number of hydrogen-bond acceptors (Lipinski definition) is 8. The molecule has 11 heteroatoms. The van der Waals surface area contributed by atoms with Crippen molar-refractivity contribution in [3.05, 3.63) is 89.9 Å². The third-order valence-electron chi connectivity index (χ3n) is 8.17. The summed E-state index contributed by atoms with van der Waals surface area (Å²) in [5.74, 6) is 0.226. The number of anilines is 3. The quantitative estimate of drug-likeness (QED) is 0.246. The Morgan fingerprint density at radius 2 is 1.73 bits per heavy atom. The summed E-state index contributed by atoms with van der Waals surface area (Å²) in [6.07, 6.45) is 3.42. The van der Waals surface area contributed by atoms with E-state index in [1.54, 1.807) is 24.1 Å². The molecule has 2 N–H and O–H groups in total. The van der Waals surface area contributed by atoms with Crippen molar-refractivity contribution in [2.24, 2.45) is 5.92 Å². The normalized spacial score (nSPS) is 14.7. The molecule has 0 bridgehead atoms. The number of aliphatic carboxylic acids is 1. The highest BCUT2D eigenvalue weighted by Gasteiger charge is 2.33. The van der Waals surface area contributed by atoms with Crippen LogP contribution in [0.5, 0.6) is 0 Å². The number of carbonyl (C=O) groups is 3. The van der Waals surface area contributed by atoms with Gasteiger partial charge in [-0.05, 0) is 66.8 Å². The molecule has 3 heterocycles. The summed E-state index contributed by atoms with van der Waals surface area (Å²) in [7, 11) is 0. The monoisotopic (exact) mass is 608 g/mol. The summed E-state index contributed by atoms with van der Waals surface area (Å²) < 4.78 is 5.13. The molecule has 2 aliphatic rings. The summed E-state index contributed by atoms with van der Waals surface area (Å²) in [5.41, 5.74) is 4.48. The Hall–Kier alpha value is -5.19. The van der Waals surface area contributed by atoms with Crippen LogP contribution in [0.2, 0.25) is 0 Å². The van der Waals surface area contributed by atoms with E-state index < -0.39 is 5.97 Å². The molecule has 2 aromatic heterocycles. The molecular weight excluding hydrogens is 572 g/mol. The molecule has 0 unspecified atom stereocenters. The lowest BCUT2D eigenvalue weighted by molar-refractivity contribution is -0.139. The number of carbonyl (C=O) groups excluding carboxylic acids is 2. The number of piperazine rings is 1. The zero-order valence-electron chi connectivity index (χ0n) is 25.2. The smallest absolute Gasteiger partial charge is 0.305 e. The van der Waals surface area contributed by atoms with Gasteiger partial charge in [0.05, 0.1) is 17.8 Å². The second-order valence-electron chi connectivity index (χ2n) is 11.5. The van der Waals surface area contributed by atoms with Gasteiger partial charge in [0.1, 0.15) is 11.6 Å². The minimum absolute atomic E-state index is 0.0000169. The number of benzene rings is 2. The Labute approximate surface area is 261 Å². The van der Waals surface area contributed by atoms with Crippen LogP contribution in [0.15, 0.2) is 77.4 Å². The molecule has 45 heavy (non-hydrogen) atoms. The second-order valence-corrected chi connectivity index (χ2v) is 11.5. The van der Waals surface area contributed by atoms with Crippen LogP contribution in [-0.2, 0) is 16.1 Å². The fraction of sp³-hybridized carbons (Fsp3) is 0.324. The molecule has 0 atom stereocenters. The number of carboxylic acid groups (broad SMARTS) is 1. The topological polar surface area (TPSA) is 132 Å². The van der Waals surface area contributed by atoms with Crippen molar-refractivity contribution >= 4 is 35.0 Å². The maximum atomic E-state index is 13.2. The van der Waals surface area contributed by atoms with Crippen molar-refractivity contribution in [3.8, 4) is 11.1 Å². The number of aryl methyl sites for hydroxylation is 1. The Morgan fingerprint density at radius 3 is 2.42 bits per heavy atom. The highest BCUT2D eigenvalue weighted by Crippen LogP contribution is 2.34. The zero-order chi connectivity index (χ0) is 31.3. The van der Waals surface area contributed by atoms with E-state index in [1.165, 1.54) is 0 Å². The number of rotatable bonds is 11. The minimum Gasteiger partial charge on any atom is -0.481 e. The molecule has 1 aliphatic carbocycles. The SMILES string of the molecule is Cc1cc(C(=O)Nc2cc(-c3cccc(CN(CCC(=O)O)C(=O)C4CC4)c3)ccc2N2CCN(c3ccccn3)CC2)no1. The van der Waals surface area contributed by atoms with Gasteiger partial charge in [0.15, 0.2) is 5.69 Å². The van der Waals surface area contributed by atoms with Crippen molar-refractivity contribution in [3.63, 3.8) is 0 Å². The summed E-state index contributed by atoms with van der Waals surface area (Å²) in [6, 6.07) is 21.4. The molecule has 1 saturated carbocycles. The van der Waals surface area contributed by atoms with Crippen LogP contribution in [0, 0.1) is 12.8 Å². The number of hydrogen-bond donors (Lipinski definition) is 2. The Bertz CT molecular complexity index is 1680. The molecule has 232 valence electrons. The zero-order valence-corrected chi connectivity index (χ0v) is 25.2. The number of nitrogens with zero attached hydrogens (tertiary/aromatic N) is 5. The van der Waals surface area contributed by atoms with Gasteiger partial charge in [-0.1, -0.05) is 35.5 Å². The highest BCUT2D eigenvalue weighted by atomic mass is 16.5. The number of aromatic nitrogens is 2. The third kappa shape index (κ3) is 7.31. The van der Waals surface area contributed by atoms with Gasteiger partial charge in [0, 0.05) is 57.4 Å². The van der Waals surface area contributed by atoms with Crippen LogP contribution in [0.4, 0.5) is 17.2 Å². The molecule has 2 aromatic carbocycles. The number of carboxylic acids is 1. The van der Waals surface area contributed by atoms with Crippen LogP contribution in [-0.4, -0.2) is 70.7 Å². The van der Waals surface area contributed by atoms with Crippen molar-refractivity contribution < 1.29 is 24.0 Å². The Kier molecular flexibility index (Phi) is 8.77. The lowest BCUT2D eigenvalue weighted by Gasteiger charge is -2.37. The van der Waals surface area contributed by atoms with Crippen molar-refractivity contribution in [2.45, 2.75) is 32.7 Å². The average molecular weight is 609 g/mol. The van der Waals surface area contributed by atoms with E-state index in [2.05, 4.69) is 25.3 Å². The van der Waals surface area contributed by atoms with Gasteiger partial charge in [-0.25, -0.2) is 4.98 Å². The Balaban J connectivity index is 1.25. The molecule has 2 amide bonds. The molecule has 1 saturated heterocycles. The summed E-state index contributed by atoms with van der Waals surface area (Å²) in [5, 5.41) is 16.2. The van der Waals surface area contributed by atoms with Gasteiger partial charge in [-0.2, -0.15) is 0 Å². The number of amides is 2. The van der Waals surface area contributed by atoms with Crippen LogP contribution in [0.25, 0.3) is 11.1 Å². The van der Waals surface area contributed by atoms with E-state index in [9.17, 15) is 19.5 Å². The molecule has 0 radical (unpaired) electrons. The highest BCUT2D eigenvalue weighted by molar-refractivity contribution is 6.05. The Morgan fingerprint density at radius 1 is 0.956 bits per heavy atom. The van der Waals surface area contributed by atoms with Crippen LogP contribution < -0.4 is 15.1 Å². The maximum Gasteiger partial charge on any atom is 0.305 e. The van der Waals surface area contributed by atoms with Crippen LogP contribution in [0.3, 0.4) is 0 Å². The lowest BCUT2D eigenvalue weighted by Crippen LogP contribution is -2.47. The fourth-order valence-electron chi connectivity index (χ4n) is 5.62. The maximum absolute atomic E-state index is 13.2. The van der Waals surface area contributed by atoms with Crippen molar-refractivity contribution in [2.75, 3.05) is 47.8 Å². The second kappa shape index (κ2) is 13.2.